The van der Waals surface area contributed by atoms with E-state index in [1.165, 1.54) is 16.7 Å². The summed E-state index contributed by atoms with van der Waals surface area (Å²) in [6.45, 7) is 9.50. The van der Waals surface area contributed by atoms with E-state index in [2.05, 4.69) is 32.0 Å². The molecule has 2 heteroatoms. The second-order valence-electron chi connectivity index (χ2n) is 7.22. The predicted molar refractivity (Wildman–Crippen MR) is 96.5 cm³/mol. The van der Waals surface area contributed by atoms with E-state index in [0.29, 0.717) is 5.92 Å². The number of nitrogens with two attached hydrogens (primary N) is 1. The zero-order chi connectivity index (χ0) is 17.2. The Kier molecular flexibility index (Phi) is 5.26. The SMILES string of the molecule is Cc1ccc2c(c1)C(C)CC2N.Cc1cccc(C(C)(C)F)c1. The molecule has 0 fully saturated rings. The summed E-state index contributed by atoms with van der Waals surface area (Å²) in [7, 11) is 0. The van der Waals surface area contributed by atoms with Gasteiger partial charge in [-0.15, -0.1) is 0 Å². The van der Waals surface area contributed by atoms with Gasteiger partial charge in [0.05, 0.1) is 0 Å². The van der Waals surface area contributed by atoms with E-state index in [0.717, 1.165) is 17.5 Å². The van der Waals surface area contributed by atoms with Crippen LogP contribution in [0.2, 0.25) is 0 Å². The molecule has 2 aromatic carbocycles. The number of rotatable bonds is 1. The molecule has 0 aliphatic heterocycles. The molecule has 0 radical (unpaired) electrons. The monoisotopic (exact) mass is 313 g/mol. The first-order valence-electron chi connectivity index (χ1n) is 8.30. The highest BCUT2D eigenvalue weighted by atomic mass is 19.1. The van der Waals surface area contributed by atoms with Gasteiger partial charge in [-0.05, 0) is 56.7 Å². The van der Waals surface area contributed by atoms with Crippen molar-refractivity contribution in [1.29, 1.82) is 0 Å². The lowest BCUT2D eigenvalue weighted by atomic mass is 9.99. The average Bonchev–Trinajstić information content (AvgIpc) is 2.73. The zero-order valence-electron chi connectivity index (χ0n) is 14.9. The Hall–Kier alpha value is -1.67. The highest BCUT2D eigenvalue weighted by Crippen LogP contribution is 2.38. The fourth-order valence-corrected chi connectivity index (χ4v) is 3.11. The largest absolute Gasteiger partial charge is 0.324 e. The molecule has 23 heavy (non-hydrogen) atoms. The van der Waals surface area contributed by atoms with Crippen molar-refractivity contribution in [3.63, 3.8) is 0 Å². The van der Waals surface area contributed by atoms with Crippen molar-refractivity contribution in [2.75, 3.05) is 0 Å². The summed E-state index contributed by atoms with van der Waals surface area (Å²) in [5.74, 6) is 0.648. The molecule has 0 saturated heterocycles. The molecule has 0 saturated carbocycles. The van der Waals surface area contributed by atoms with Crippen molar-refractivity contribution in [3.05, 3.63) is 70.3 Å². The Morgan fingerprint density at radius 2 is 1.65 bits per heavy atom. The Morgan fingerprint density at radius 1 is 1.00 bits per heavy atom. The predicted octanol–water partition coefficient (Wildman–Crippen LogP) is 5.70. The molecule has 0 amide bonds. The van der Waals surface area contributed by atoms with Crippen LogP contribution in [0.1, 0.15) is 67.0 Å². The van der Waals surface area contributed by atoms with Crippen LogP contribution in [0.25, 0.3) is 0 Å². The van der Waals surface area contributed by atoms with Crippen LogP contribution in [-0.4, -0.2) is 0 Å². The molecule has 2 atom stereocenters. The molecular weight excluding hydrogens is 285 g/mol. The lowest BCUT2D eigenvalue weighted by Gasteiger charge is -2.14. The molecule has 0 spiro atoms. The maximum atomic E-state index is 13.3. The zero-order valence-corrected chi connectivity index (χ0v) is 14.9. The van der Waals surface area contributed by atoms with Gasteiger partial charge in [0, 0.05) is 6.04 Å². The average molecular weight is 313 g/mol. The minimum Gasteiger partial charge on any atom is -0.324 e. The standard InChI is InChI=1S/C11H15N.C10H13F/c1-7-3-4-9-10(5-7)8(2)6-11(9)12;1-8-5-4-6-9(7-8)10(2,3)11/h3-5,8,11H,6,12H2,1-2H3;4-7H,1-3H3. The first-order chi connectivity index (χ1) is 10.7. The number of benzene rings is 2. The summed E-state index contributed by atoms with van der Waals surface area (Å²) in [5.41, 5.74) is 10.8. The van der Waals surface area contributed by atoms with Gasteiger partial charge in [0.25, 0.3) is 0 Å². The van der Waals surface area contributed by atoms with E-state index in [1.807, 2.05) is 31.2 Å². The van der Waals surface area contributed by atoms with Gasteiger partial charge in [0.1, 0.15) is 5.67 Å². The van der Waals surface area contributed by atoms with E-state index in [9.17, 15) is 4.39 Å². The summed E-state index contributed by atoms with van der Waals surface area (Å²) in [6, 6.07) is 14.4. The maximum Gasteiger partial charge on any atom is 0.130 e. The van der Waals surface area contributed by atoms with Crippen LogP contribution in [-0.2, 0) is 5.67 Å². The molecule has 2 aromatic rings. The minimum atomic E-state index is -1.22. The normalized spacial score (nSPS) is 19.8. The van der Waals surface area contributed by atoms with E-state index < -0.39 is 5.67 Å². The highest BCUT2D eigenvalue weighted by Gasteiger charge is 2.24. The first-order valence-corrected chi connectivity index (χ1v) is 8.30. The van der Waals surface area contributed by atoms with Gasteiger partial charge in [-0.3, -0.25) is 0 Å². The molecule has 0 heterocycles. The second kappa shape index (κ2) is 6.84. The molecule has 124 valence electrons. The number of alkyl halides is 1. The summed E-state index contributed by atoms with van der Waals surface area (Å²) < 4.78 is 13.3. The van der Waals surface area contributed by atoms with E-state index in [-0.39, 0.29) is 6.04 Å². The van der Waals surface area contributed by atoms with Gasteiger partial charge in [-0.25, -0.2) is 4.39 Å². The molecular formula is C21H28FN. The number of aryl methyl sites for hydroxylation is 2. The Labute approximate surface area is 139 Å². The molecule has 0 bridgehead atoms. The third-order valence-electron chi connectivity index (χ3n) is 4.48. The van der Waals surface area contributed by atoms with Crippen LogP contribution in [0, 0.1) is 13.8 Å². The van der Waals surface area contributed by atoms with Crippen LogP contribution in [0.4, 0.5) is 4.39 Å². The lowest BCUT2D eigenvalue weighted by Crippen LogP contribution is -2.08. The van der Waals surface area contributed by atoms with Gasteiger partial charge in [-0.2, -0.15) is 0 Å². The summed E-state index contributed by atoms with van der Waals surface area (Å²) >= 11 is 0. The Balaban J connectivity index is 0.000000168. The van der Waals surface area contributed by atoms with Gasteiger partial charge in [-0.1, -0.05) is 60.5 Å². The van der Waals surface area contributed by atoms with E-state index >= 15 is 0 Å². The van der Waals surface area contributed by atoms with E-state index in [1.54, 1.807) is 13.8 Å². The summed E-state index contributed by atoms with van der Waals surface area (Å²) in [6.07, 6.45) is 1.11. The molecule has 3 rings (SSSR count). The minimum absolute atomic E-state index is 0.274. The van der Waals surface area contributed by atoms with Crippen molar-refractivity contribution in [2.24, 2.45) is 5.73 Å². The van der Waals surface area contributed by atoms with Gasteiger partial charge in [0.15, 0.2) is 0 Å². The van der Waals surface area contributed by atoms with Crippen molar-refractivity contribution in [2.45, 2.75) is 58.7 Å². The number of hydrogen-bond donors (Lipinski definition) is 1. The van der Waals surface area contributed by atoms with Crippen LogP contribution in [0.5, 0.6) is 0 Å². The molecule has 2 unspecified atom stereocenters. The highest BCUT2D eigenvalue weighted by molar-refractivity contribution is 5.40. The molecule has 1 aliphatic rings. The van der Waals surface area contributed by atoms with Crippen LogP contribution in [0.15, 0.2) is 42.5 Å². The molecule has 1 nitrogen and oxygen atoms in total. The summed E-state index contributed by atoms with van der Waals surface area (Å²) in [4.78, 5) is 0. The van der Waals surface area contributed by atoms with Crippen molar-refractivity contribution in [1.82, 2.24) is 0 Å². The topological polar surface area (TPSA) is 26.0 Å². The third kappa shape index (κ3) is 4.42. The van der Waals surface area contributed by atoms with Gasteiger partial charge >= 0.3 is 0 Å². The third-order valence-corrected chi connectivity index (χ3v) is 4.48. The van der Waals surface area contributed by atoms with Gasteiger partial charge in [0.2, 0.25) is 0 Å². The lowest BCUT2D eigenvalue weighted by molar-refractivity contribution is 0.221. The maximum absolute atomic E-state index is 13.3. The van der Waals surface area contributed by atoms with Crippen molar-refractivity contribution < 1.29 is 4.39 Å². The quantitative estimate of drug-likeness (QED) is 0.718. The first kappa shape index (κ1) is 17.7. The molecule has 0 aromatic heterocycles. The molecule has 1 aliphatic carbocycles. The Bertz CT molecular complexity index is 670. The Morgan fingerprint density at radius 3 is 2.22 bits per heavy atom. The fourth-order valence-electron chi connectivity index (χ4n) is 3.11. The van der Waals surface area contributed by atoms with Crippen molar-refractivity contribution >= 4 is 0 Å². The second-order valence-corrected chi connectivity index (χ2v) is 7.22. The number of hydrogen-bond acceptors (Lipinski definition) is 1. The van der Waals surface area contributed by atoms with E-state index in [4.69, 9.17) is 5.73 Å². The molecule has 2 N–H and O–H groups in total. The fraction of sp³-hybridized carbons (Fsp3) is 0.429. The van der Waals surface area contributed by atoms with Gasteiger partial charge < -0.3 is 5.73 Å². The summed E-state index contributed by atoms with van der Waals surface area (Å²) in [5, 5.41) is 0. The van der Waals surface area contributed by atoms with Crippen LogP contribution in [0.3, 0.4) is 0 Å². The van der Waals surface area contributed by atoms with Crippen molar-refractivity contribution in [3.8, 4) is 0 Å². The van der Waals surface area contributed by atoms with Crippen LogP contribution >= 0.6 is 0 Å². The smallest absolute Gasteiger partial charge is 0.130 e. The number of fused-ring (bicyclic) bond motifs is 1. The number of halogens is 1. The van der Waals surface area contributed by atoms with Crippen LogP contribution < -0.4 is 5.73 Å².